The summed E-state index contributed by atoms with van der Waals surface area (Å²) in [6.45, 7) is 5.04. The Kier molecular flexibility index (Phi) is 3.75. The van der Waals surface area contributed by atoms with Gasteiger partial charge in [0, 0.05) is 18.6 Å². The van der Waals surface area contributed by atoms with Gasteiger partial charge in [0.2, 0.25) is 0 Å². The molecule has 2 amide bonds. The minimum atomic E-state index is -0.294. The number of benzene rings is 1. The molecule has 1 saturated heterocycles. The Hall–Kier alpha value is -1.62. The number of halogens is 1. The first-order chi connectivity index (χ1) is 8.85. The second-order valence-corrected chi connectivity index (χ2v) is 5.74. The quantitative estimate of drug-likeness (QED) is 0.875. The van der Waals surface area contributed by atoms with Gasteiger partial charge in [-0.2, -0.15) is 0 Å². The molecule has 5 heteroatoms. The Labute approximate surface area is 112 Å². The van der Waals surface area contributed by atoms with Crippen molar-refractivity contribution in [3.05, 3.63) is 35.6 Å². The van der Waals surface area contributed by atoms with Crippen LogP contribution in [0.5, 0.6) is 0 Å². The first-order valence-electron chi connectivity index (χ1n) is 6.45. The van der Waals surface area contributed by atoms with E-state index in [9.17, 15) is 9.18 Å². The number of carbonyl (C=O) groups excluding carboxylic acids is 1. The highest BCUT2D eigenvalue weighted by molar-refractivity contribution is 5.77. The molecule has 1 aromatic rings. The van der Waals surface area contributed by atoms with E-state index in [0.717, 1.165) is 12.0 Å². The standard InChI is InChI=1S/C14H20FN3O/c1-14(2,16)6-7-18-9-12(17-13(18)19)10-4-3-5-11(15)8-10/h3-5,8,12H,6-7,9,16H2,1-2H3,(H,17,19). The molecule has 0 aliphatic carbocycles. The summed E-state index contributed by atoms with van der Waals surface area (Å²) in [7, 11) is 0. The lowest BCUT2D eigenvalue weighted by molar-refractivity contribution is 0.213. The van der Waals surface area contributed by atoms with E-state index < -0.39 is 0 Å². The number of carbonyl (C=O) groups is 1. The molecule has 1 atom stereocenters. The summed E-state index contributed by atoms with van der Waals surface area (Å²) in [6.07, 6.45) is 0.732. The third-order valence-electron chi connectivity index (χ3n) is 3.26. The molecule has 0 aromatic heterocycles. The molecule has 0 bridgehead atoms. The fraction of sp³-hybridized carbons (Fsp3) is 0.500. The van der Waals surface area contributed by atoms with Crippen molar-refractivity contribution in [2.24, 2.45) is 5.73 Å². The lowest BCUT2D eigenvalue weighted by Crippen LogP contribution is -2.38. The molecule has 0 radical (unpaired) electrons. The number of nitrogens with zero attached hydrogens (tertiary/aromatic N) is 1. The first kappa shape index (κ1) is 13.8. The monoisotopic (exact) mass is 265 g/mol. The molecule has 1 fully saturated rings. The molecular formula is C14H20FN3O. The Morgan fingerprint density at radius 2 is 2.26 bits per heavy atom. The normalized spacial score (nSPS) is 19.7. The van der Waals surface area contributed by atoms with Gasteiger partial charge in [-0.25, -0.2) is 9.18 Å². The van der Waals surface area contributed by atoms with Gasteiger partial charge in [0.05, 0.1) is 6.04 Å². The molecule has 1 aromatic carbocycles. The molecule has 0 saturated carbocycles. The third kappa shape index (κ3) is 3.67. The van der Waals surface area contributed by atoms with Crippen molar-refractivity contribution in [3.63, 3.8) is 0 Å². The number of amides is 2. The van der Waals surface area contributed by atoms with Gasteiger partial charge >= 0.3 is 6.03 Å². The van der Waals surface area contributed by atoms with Gasteiger partial charge in [-0.3, -0.25) is 0 Å². The fourth-order valence-corrected chi connectivity index (χ4v) is 2.12. The molecule has 1 unspecified atom stereocenters. The highest BCUT2D eigenvalue weighted by atomic mass is 19.1. The number of hydrogen-bond acceptors (Lipinski definition) is 2. The van der Waals surface area contributed by atoms with Gasteiger partial charge in [0.25, 0.3) is 0 Å². The fourth-order valence-electron chi connectivity index (χ4n) is 2.12. The number of hydrogen-bond donors (Lipinski definition) is 2. The average molecular weight is 265 g/mol. The van der Waals surface area contributed by atoms with E-state index in [-0.39, 0.29) is 23.4 Å². The summed E-state index contributed by atoms with van der Waals surface area (Å²) >= 11 is 0. The van der Waals surface area contributed by atoms with E-state index in [0.29, 0.717) is 13.1 Å². The van der Waals surface area contributed by atoms with Crippen molar-refractivity contribution in [1.29, 1.82) is 0 Å². The van der Waals surface area contributed by atoms with Crippen molar-refractivity contribution >= 4 is 6.03 Å². The molecule has 104 valence electrons. The second-order valence-electron chi connectivity index (χ2n) is 5.74. The maximum atomic E-state index is 13.2. The zero-order valence-corrected chi connectivity index (χ0v) is 11.3. The zero-order valence-electron chi connectivity index (χ0n) is 11.3. The van der Waals surface area contributed by atoms with Crippen molar-refractivity contribution in [2.45, 2.75) is 31.8 Å². The number of nitrogens with one attached hydrogen (secondary N) is 1. The van der Waals surface area contributed by atoms with E-state index in [1.165, 1.54) is 12.1 Å². The van der Waals surface area contributed by atoms with Crippen LogP contribution in [0.1, 0.15) is 31.9 Å². The summed E-state index contributed by atoms with van der Waals surface area (Å²) in [6, 6.07) is 6.07. The van der Waals surface area contributed by atoms with Crippen molar-refractivity contribution in [3.8, 4) is 0 Å². The SMILES string of the molecule is CC(C)(N)CCN1CC(c2cccc(F)c2)NC1=O. The molecule has 1 heterocycles. The molecule has 2 rings (SSSR count). The van der Waals surface area contributed by atoms with Crippen LogP contribution in [0.4, 0.5) is 9.18 Å². The second kappa shape index (κ2) is 5.17. The van der Waals surface area contributed by atoms with Gasteiger partial charge in [-0.05, 0) is 38.0 Å². The van der Waals surface area contributed by atoms with Crippen LogP contribution in [-0.4, -0.2) is 29.6 Å². The summed E-state index contributed by atoms with van der Waals surface area (Å²) in [5, 5.41) is 2.86. The Morgan fingerprint density at radius 1 is 1.53 bits per heavy atom. The Morgan fingerprint density at radius 3 is 2.89 bits per heavy atom. The number of nitrogens with two attached hydrogens (primary N) is 1. The smallest absolute Gasteiger partial charge is 0.318 e. The van der Waals surface area contributed by atoms with Crippen LogP contribution in [0, 0.1) is 5.82 Å². The molecule has 4 nitrogen and oxygen atoms in total. The van der Waals surface area contributed by atoms with E-state index in [1.54, 1.807) is 11.0 Å². The van der Waals surface area contributed by atoms with Gasteiger partial charge in [0.1, 0.15) is 5.82 Å². The predicted molar refractivity (Wildman–Crippen MR) is 72.1 cm³/mol. The van der Waals surface area contributed by atoms with Crippen LogP contribution in [0.3, 0.4) is 0 Å². The predicted octanol–water partition coefficient (Wildman–Crippen LogP) is 2.02. The molecule has 0 spiro atoms. The number of urea groups is 1. The lowest BCUT2D eigenvalue weighted by Gasteiger charge is -2.22. The maximum absolute atomic E-state index is 13.2. The Bertz CT molecular complexity index is 470. The summed E-state index contributed by atoms with van der Waals surface area (Å²) in [5.74, 6) is -0.284. The molecule has 1 aliphatic heterocycles. The molecule has 19 heavy (non-hydrogen) atoms. The summed E-state index contributed by atoms with van der Waals surface area (Å²) in [4.78, 5) is 13.6. The van der Waals surface area contributed by atoms with Gasteiger partial charge < -0.3 is 16.0 Å². The van der Waals surface area contributed by atoms with E-state index in [4.69, 9.17) is 5.73 Å². The third-order valence-corrected chi connectivity index (χ3v) is 3.26. The van der Waals surface area contributed by atoms with E-state index in [2.05, 4.69) is 5.32 Å². The van der Waals surface area contributed by atoms with Crippen LogP contribution in [-0.2, 0) is 0 Å². The minimum Gasteiger partial charge on any atom is -0.329 e. The van der Waals surface area contributed by atoms with Gasteiger partial charge in [0.15, 0.2) is 0 Å². The van der Waals surface area contributed by atoms with E-state index >= 15 is 0 Å². The van der Waals surface area contributed by atoms with Crippen LogP contribution >= 0.6 is 0 Å². The highest BCUT2D eigenvalue weighted by Crippen LogP contribution is 2.21. The van der Waals surface area contributed by atoms with Crippen molar-refractivity contribution in [1.82, 2.24) is 10.2 Å². The van der Waals surface area contributed by atoms with Crippen LogP contribution in [0.25, 0.3) is 0 Å². The van der Waals surface area contributed by atoms with Crippen LogP contribution in [0.2, 0.25) is 0 Å². The molecular weight excluding hydrogens is 245 g/mol. The summed E-state index contributed by atoms with van der Waals surface area (Å²) < 4.78 is 13.2. The van der Waals surface area contributed by atoms with Crippen molar-refractivity contribution < 1.29 is 9.18 Å². The summed E-state index contributed by atoms with van der Waals surface area (Å²) in [5.41, 5.74) is 6.42. The van der Waals surface area contributed by atoms with Crippen LogP contribution < -0.4 is 11.1 Å². The zero-order chi connectivity index (χ0) is 14.0. The Balaban J connectivity index is 1.99. The molecule has 1 aliphatic rings. The topological polar surface area (TPSA) is 58.4 Å². The highest BCUT2D eigenvalue weighted by Gasteiger charge is 2.30. The average Bonchev–Trinajstić information content (AvgIpc) is 2.67. The first-order valence-corrected chi connectivity index (χ1v) is 6.45. The maximum Gasteiger partial charge on any atom is 0.318 e. The van der Waals surface area contributed by atoms with Crippen LogP contribution in [0.15, 0.2) is 24.3 Å². The lowest BCUT2D eigenvalue weighted by atomic mass is 10.0. The molecule has 3 N–H and O–H groups in total. The van der Waals surface area contributed by atoms with E-state index in [1.807, 2.05) is 19.9 Å². The largest absolute Gasteiger partial charge is 0.329 e. The number of rotatable bonds is 4. The van der Waals surface area contributed by atoms with Gasteiger partial charge in [-0.1, -0.05) is 12.1 Å². The minimum absolute atomic E-state index is 0.112. The van der Waals surface area contributed by atoms with Crippen molar-refractivity contribution in [2.75, 3.05) is 13.1 Å². The van der Waals surface area contributed by atoms with Gasteiger partial charge in [-0.15, -0.1) is 0 Å².